The Bertz CT molecular complexity index is 918. The average Bonchev–Trinajstić information content (AvgIpc) is 2.51. The number of hydrogen-bond donors (Lipinski definition) is 0. The Kier molecular flexibility index (Phi) is 3.76. The first-order valence-corrected chi connectivity index (χ1v) is 7.51. The van der Waals surface area contributed by atoms with Gasteiger partial charge in [-0.15, -0.1) is 0 Å². The van der Waals surface area contributed by atoms with E-state index in [2.05, 4.69) is 61.3 Å². The van der Waals surface area contributed by atoms with Crippen molar-refractivity contribution in [3.05, 3.63) is 53.6 Å². The summed E-state index contributed by atoms with van der Waals surface area (Å²) in [4.78, 5) is 8.90. The molecule has 0 aromatic heterocycles. The second-order valence-electron chi connectivity index (χ2n) is 5.66. The van der Waals surface area contributed by atoms with Crippen molar-refractivity contribution in [2.45, 2.75) is 20.8 Å². The maximum Gasteiger partial charge on any atom is 0.0747 e. The SMILES string of the molecule is CN=CC(C)=Nc1c(C)c2c(C)cccc2c2ccccc12. The van der Waals surface area contributed by atoms with Crippen LogP contribution in [0.25, 0.3) is 21.5 Å². The molecule has 2 heteroatoms. The second-order valence-corrected chi connectivity index (χ2v) is 5.66. The van der Waals surface area contributed by atoms with E-state index in [1.54, 1.807) is 13.3 Å². The first kappa shape index (κ1) is 14.5. The van der Waals surface area contributed by atoms with Crippen LogP contribution in [0.4, 0.5) is 5.69 Å². The van der Waals surface area contributed by atoms with Crippen molar-refractivity contribution in [3.63, 3.8) is 0 Å². The van der Waals surface area contributed by atoms with Gasteiger partial charge >= 0.3 is 0 Å². The molecule has 0 atom stereocenters. The van der Waals surface area contributed by atoms with E-state index in [1.165, 1.54) is 32.7 Å². The van der Waals surface area contributed by atoms with Gasteiger partial charge in [0.15, 0.2) is 0 Å². The Morgan fingerprint density at radius 2 is 1.59 bits per heavy atom. The van der Waals surface area contributed by atoms with E-state index < -0.39 is 0 Å². The summed E-state index contributed by atoms with van der Waals surface area (Å²) in [6, 6.07) is 15.0. The van der Waals surface area contributed by atoms with Gasteiger partial charge in [-0.25, -0.2) is 0 Å². The highest BCUT2D eigenvalue weighted by molar-refractivity contribution is 6.31. The van der Waals surface area contributed by atoms with Crippen LogP contribution in [0.1, 0.15) is 18.1 Å². The fraction of sp³-hybridized carbons (Fsp3) is 0.200. The van der Waals surface area contributed by atoms with Crippen molar-refractivity contribution in [3.8, 4) is 0 Å². The minimum absolute atomic E-state index is 0.920. The minimum Gasteiger partial charge on any atom is -0.295 e. The summed E-state index contributed by atoms with van der Waals surface area (Å²) in [6.45, 7) is 6.32. The topological polar surface area (TPSA) is 24.7 Å². The summed E-state index contributed by atoms with van der Waals surface area (Å²) in [5.41, 5.74) is 4.49. The summed E-state index contributed by atoms with van der Waals surface area (Å²) in [6.07, 6.45) is 1.80. The molecule has 0 aliphatic heterocycles. The van der Waals surface area contributed by atoms with Crippen LogP contribution in [0.2, 0.25) is 0 Å². The summed E-state index contributed by atoms with van der Waals surface area (Å²) >= 11 is 0. The van der Waals surface area contributed by atoms with Gasteiger partial charge in [0.1, 0.15) is 0 Å². The third-order valence-electron chi connectivity index (χ3n) is 4.08. The smallest absolute Gasteiger partial charge is 0.0747 e. The summed E-state index contributed by atoms with van der Waals surface area (Å²) in [5.74, 6) is 0. The lowest BCUT2D eigenvalue weighted by Crippen LogP contribution is -1.94. The van der Waals surface area contributed by atoms with Crippen LogP contribution in [0.3, 0.4) is 0 Å². The predicted molar refractivity (Wildman–Crippen MR) is 98.1 cm³/mol. The molecule has 0 N–H and O–H groups in total. The number of rotatable bonds is 2. The lowest BCUT2D eigenvalue weighted by atomic mass is 9.93. The summed E-state index contributed by atoms with van der Waals surface area (Å²) in [5, 5.41) is 5.06. The first-order valence-electron chi connectivity index (χ1n) is 7.51. The molecule has 3 aromatic rings. The van der Waals surface area contributed by atoms with Gasteiger partial charge in [0, 0.05) is 18.6 Å². The Hall–Kier alpha value is -2.48. The molecule has 2 nitrogen and oxygen atoms in total. The van der Waals surface area contributed by atoms with E-state index in [0.717, 1.165) is 11.4 Å². The Morgan fingerprint density at radius 1 is 0.909 bits per heavy atom. The maximum atomic E-state index is 4.84. The van der Waals surface area contributed by atoms with Crippen molar-refractivity contribution in [2.24, 2.45) is 9.98 Å². The van der Waals surface area contributed by atoms with E-state index in [0.29, 0.717) is 0 Å². The van der Waals surface area contributed by atoms with E-state index in [1.807, 2.05) is 6.92 Å². The van der Waals surface area contributed by atoms with Crippen molar-refractivity contribution < 1.29 is 0 Å². The van der Waals surface area contributed by atoms with Gasteiger partial charge in [0.25, 0.3) is 0 Å². The van der Waals surface area contributed by atoms with Gasteiger partial charge in [-0.1, -0.05) is 42.5 Å². The number of fused-ring (bicyclic) bond motifs is 3. The largest absolute Gasteiger partial charge is 0.295 e. The van der Waals surface area contributed by atoms with Crippen molar-refractivity contribution >= 4 is 39.2 Å². The Labute approximate surface area is 131 Å². The average molecular weight is 288 g/mol. The minimum atomic E-state index is 0.920. The number of nitrogens with zero attached hydrogens (tertiary/aromatic N) is 2. The molecular weight excluding hydrogens is 268 g/mol. The molecule has 0 aliphatic rings. The molecule has 0 bridgehead atoms. The molecule has 0 saturated carbocycles. The van der Waals surface area contributed by atoms with E-state index >= 15 is 0 Å². The van der Waals surface area contributed by atoms with Crippen LogP contribution in [0, 0.1) is 13.8 Å². The number of hydrogen-bond acceptors (Lipinski definition) is 2. The number of benzene rings is 3. The fourth-order valence-corrected chi connectivity index (χ4v) is 3.17. The van der Waals surface area contributed by atoms with E-state index in [4.69, 9.17) is 4.99 Å². The highest BCUT2D eigenvalue weighted by Gasteiger charge is 2.12. The highest BCUT2D eigenvalue weighted by atomic mass is 14.8. The molecule has 0 spiro atoms. The normalized spacial score (nSPS) is 12.6. The number of aliphatic imine (C=N–C) groups is 2. The van der Waals surface area contributed by atoms with Crippen molar-refractivity contribution in [1.82, 2.24) is 0 Å². The molecule has 0 aliphatic carbocycles. The third kappa shape index (κ3) is 2.31. The standard InChI is InChI=1S/C20H20N2/c1-13-8-7-11-17-16-9-5-6-10-18(16)20(15(3)19(13)17)22-14(2)12-21-4/h5-12H,1-4H3. The zero-order chi connectivity index (χ0) is 15.7. The zero-order valence-corrected chi connectivity index (χ0v) is 13.5. The van der Waals surface area contributed by atoms with Crippen molar-refractivity contribution in [2.75, 3.05) is 7.05 Å². The molecule has 0 heterocycles. The van der Waals surface area contributed by atoms with Crippen LogP contribution >= 0.6 is 0 Å². The first-order chi connectivity index (χ1) is 10.6. The summed E-state index contributed by atoms with van der Waals surface area (Å²) in [7, 11) is 1.77. The molecule has 110 valence electrons. The third-order valence-corrected chi connectivity index (χ3v) is 4.08. The van der Waals surface area contributed by atoms with Gasteiger partial charge in [-0.05, 0) is 48.1 Å². The van der Waals surface area contributed by atoms with Crippen LogP contribution in [0.15, 0.2) is 52.4 Å². The van der Waals surface area contributed by atoms with Crippen LogP contribution in [-0.2, 0) is 0 Å². The predicted octanol–water partition coefficient (Wildman–Crippen LogP) is 5.40. The highest BCUT2D eigenvalue weighted by Crippen LogP contribution is 2.38. The molecule has 0 amide bonds. The molecule has 0 radical (unpaired) electrons. The van der Waals surface area contributed by atoms with E-state index in [9.17, 15) is 0 Å². The Morgan fingerprint density at radius 3 is 2.32 bits per heavy atom. The molecule has 3 aromatic carbocycles. The van der Waals surface area contributed by atoms with Crippen molar-refractivity contribution in [1.29, 1.82) is 0 Å². The fourth-order valence-electron chi connectivity index (χ4n) is 3.17. The number of aryl methyl sites for hydroxylation is 2. The molecular formula is C20H20N2. The van der Waals surface area contributed by atoms with Gasteiger partial charge < -0.3 is 0 Å². The summed E-state index contributed by atoms with van der Waals surface area (Å²) < 4.78 is 0. The van der Waals surface area contributed by atoms with Crippen LogP contribution in [-0.4, -0.2) is 19.0 Å². The molecule has 0 saturated heterocycles. The zero-order valence-electron chi connectivity index (χ0n) is 13.5. The lowest BCUT2D eigenvalue weighted by molar-refractivity contribution is 1.42. The molecule has 0 unspecified atom stereocenters. The monoisotopic (exact) mass is 288 g/mol. The molecule has 0 fully saturated rings. The van der Waals surface area contributed by atoms with Crippen LogP contribution in [0.5, 0.6) is 0 Å². The lowest BCUT2D eigenvalue weighted by Gasteiger charge is -2.14. The quantitative estimate of drug-likeness (QED) is 0.445. The molecule has 3 rings (SSSR count). The Balaban J connectivity index is 2.51. The maximum absolute atomic E-state index is 4.84. The van der Waals surface area contributed by atoms with Crippen LogP contribution < -0.4 is 0 Å². The van der Waals surface area contributed by atoms with Gasteiger partial charge in [-0.3, -0.25) is 9.98 Å². The van der Waals surface area contributed by atoms with E-state index in [-0.39, 0.29) is 0 Å². The molecule has 22 heavy (non-hydrogen) atoms. The van der Waals surface area contributed by atoms with Gasteiger partial charge in [0.2, 0.25) is 0 Å². The second kappa shape index (κ2) is 5.72. The van der Waals surface area contributed by atoms with Gasteiger partial charge in [0.05, 0.1) is 11.4 Å². The van der Waals surface area contributed by atoms with Gasteiger partial charge in [-0.2, -0.15) is 0 Å².